The predicted molar refractivity (Wildman–Crippen MR) is 228 cm³/mol. The number of hydrogen-bond acceptors (Lipinski definition) is 27. The molecular formula is C42H48N6O21. The van der Waals surface area contributed by atoms with Gasteiger partial charge in [-0.15, -0.1) is 5.11 Å². The molecule has 27 nitrogen and oxygen atoms in total. The Bertz CT molecular complexity index is 2620. The highest BCUT2D eigenvalue weighted by Crippen LogP contribution is 2.29. The Morgan fingerprint density at radius 2 is 0.797 bits per heavy atom. The van der Waals surface area contributed by atoms with Gasteiger partial charge in [-0.05, 0) is 72.8 Å². The fraction of sp³-hybridized carbons (Fsp3) is 0.429. The largest absolute Gasteiger partial charge is 0.504 e. The fourth-order valence-corrected chi connectivity index (χ4v) is 7.01. The van der Waals surface area contributed by atoms with Crippen molar-refractivity contribution in [1.29, 1.82) is 0 Å². The molecule has 372 valence electrons. The van der Waals surface area contributed by atoms with Crippen LogP contribution < -0.4 is 46.6 Å². The number of benzene rings is 4. The maximum atomic E-state index is 13.8. The summed E-state index contributed by atoms with van der Waals surface area (Å²) in [5, 5.41) is 145. The molecule has 0 radical (unpaired) electrons. The molecule has 15 N–H and O–H groups in total. The first-order valence-corrected chi connectivity index (χ1v) is 20.9. The second-order valence-electron chi connectivity index (χ2n) is 15.7. The highest BCUT2D eigenvalue weighted by molar-refractivity contribution is 5.52. The SMILES string of the molecule is O=c1c(N=Nc2ccc(O[C@H]3O[C@H](CO)[C@H](O)[C@H](O)[C@H]3O)cc2)c(O)c(=NNc2ccc(O[C@H]3O[C@H](CO)[C@H](O)[C@H](O)[C@H]3O)cc2)c(=O)c1=NNc1ccc(O[C@H]2O[C@H](CO)[C@H](O)[C@H](O)[C@H]2O)cc1. The van der Waals surface area contributed by atoms with Crippen molar-refractivity contribution in [2.75, 3.05) is 30.7 Å². The molecule has 7 rings (SSSR count). The van der Waals surface area contributed by atoms with Gasteiger partial charge in [0.05, 0.1) is 36.9 Å². The van der Waals surface area contributed by atoms with E-state index in [0.29, 0.717) is 0 Å². The molecule has 0 unspecified atom stereocenters. The van der Waals surface area contributed by atoms with Crippen LogP contribution in [0.4, 0.5) is 22.7 Å². The molecular weight excluding hydrogens is 924 g/mol. The summed E-state index contributed by atoms with van der Waals surface area (Å²) < 4.78 is 32.8. The van der Waals surface area contributed by atoms with Crippen LogP contribution in [0.1, 0.15) is 0 Å². The van der Waals surface area contributed by atoms with E-state index in [9.17, 15) is 76.0 Å². The summed E-state index contributed by atoms with van der Waals surface area (Å²) in [5.74, 6) is -0.771. The van der Waals surface area contributed by atoms with E-state index in [1.165, 1.54) is 72.8 Å². The standard InChI is InChI=1S/C42H48N6O21/c49-13-22-28(52)34(58)37(61)40(67-22)64-19-7-1-16(2-8-19)43-46-25-31(55)26(47-44-17-3-9-20(10-4-17)65-41-38(62)35(59)29(53)23(14-50)68-41)33(57)27(32(25)56)48-45-18-5-11-21(12-6-18)66-42-39(63)36(60)30(54)24(15-51)69-42/h1-12,22-24,28-30,34-44,49-54,56,58-63H,13-15H2/t22-,23-,24-,28+,29+,30+,34+,35+,36+,37-,38-,39-,40+,41+,42+/m1/s1. The number of hydrogen-bond donors (Lipinski definition) is 15. The summed E-state index contributed by atoms with van der Waals surface area (Å²) in [6, 6.07) is 16.3. The van der Waals surface area contributed by atoms with E-state index in [2.05, 4.69) is 31.3 Å². The van der Waals surface area contributed by atoms with Crippen molar-refractivity contribution in [3.8, 4) is 23.0 Å². The summed E-state index contributed by atoms with van der Waals surface area (Å²) in [6.45, 7) is -2.03. The number of azo groups is 1. The average molecular weight is 973 g/mol. The van der Waals surface area contributed by atoms with Crippen LogP contribution in [0.5, 0.6) is 23.0 Å². The van der Waals surface area contributed by atoms with Gasteiger partial charge in [0.15, 0.2) is 22.2 Å². The number of nitrogens with zero attached hydrogens (tertiary/aromatic N) is 4. The second-order valence-corrected chi connectivity index (χ2v) is 15.7. The molecule has 3 saturated heterocycles. The lowest BCUT2D eigenvalue weighted by molar-refractivity contribution is -0.277. The van der Waals surface area contributed by atoms with Crippen LogP contribution in [0.2, 0.25) is 0 Å². The summed E-state index contributed by atoms with van der Waals surface area (Å²) in [5.41, 5.74) is 2.33. The zero-order chi connectivity index (χ0) is 49.7. The number of phenolic OH excluding ortho intramolecular Hbond substituents is 1. The molecule has 0 aliphatic carbocycles. The Hall–Kier alpha value is -6.12. The van der Waals surface area contributed by atoms with E-state index < -0.39 is 145 Å². The Kier molecular flexibility index (Phi) is 16.3. The first-order valence-electron chi connectivity index (χ1n) is 20.9. The van der Waals surface area contributed by atoms with Crippen LogP contribution in [0.25, 0.3) is 0 Å². The van der Waals surface area contributed by atoms with E-state index in [-0.39, 0.29) is 34.3 Å². The van der Waals surface area contributed by atoms with E-state index in [0.717, 1.165) is 0 Å². The third kappa shape index (κ3) is 11.2. The zero-order valence-electron chi connectivity index (χ0n) is 35.6. The lowest BCUT2D eigenvalue weighted by Gasteiger charge is -2.39. The molecule has 3 heterocycles. The number of ether oxygens (including phenoxy) is 6. The third-order valence-electron chi connectivity index (χ3n) is 11.0. The van der Waals surface area contributed by atoms with Crippen molar-refractivity contribution >= 4 is 22.7 Å². The molecule has 3 aliphatic rings. The Morgan fingerprint density at radius 1 is 0.449 bits per heavy atom. The smallest absolute Gasteiger partial charge is 0.241 e. The Balaban J connectivity index is 1.14. The molecule has 0 saturated carbocycles. The van der Waals surface area contributed by atoms with Crippen molar-refractivity contribution in [3.05, 3.63) is 104 Å². The lowest BCUT2D eigenvalue weighted by Crippen LogP contribution is -2.60. The number of rotatable bonds is 15. The van der Waals surface area contributed by atoms with E-state index in [4.69, 9.17) is 28.4 Å². The molecule has 4 aromatic rings. The number of aliphatic hydroxyl groups excluding tert-OH is 12. The van der Waals surface area contributed by atoms with Gasteiger partial charge < -0.3 is 94.8 Å². The van der Waals surface area contributed by atoms with Gasteiger partial charge in [0.1, 0.15) is 90.5 Å². The maximum absolute atomic E-state index is 13.8. The van der Waals surface area contributed by atoms with Crippen molar-refractivity contribution in [3.63, 3.8) is 0 Å². The minimum atomic E-state index is -1.69. The molecule has 15 atom stereocenters. The normalized spacial score (nSPS) is 32.2. The van der Waals surface area contributed by atoms with Crippen LogP contribution in [0.3, 0.4) is 0 Å². The average Bonchev–Trinajstić information content (AvgIpc) is 3.35. The Morgan fingerprint density at radius 3 is 1.16 bits per heavy atom. The highest BCUT2D eigenvalue weighted by Gasteiger charge is 2.47. The second kappa shape index (κ2) is 22.1. The summed E-state index contributed by atoms with van der Waals surface area (Å²) in [4.78, 5) is 27.6. The zero-order valence-corrected chi connectivity index (χ0v) is 35.6. The first kappa shape index (κ1) is 50.7. The minimum Gasteiger partial charge on any atom is -0.504 e. The van der Waals surface area contributed by atoms with Crippen LogP contribution >= 0.6 is 0 Å². The molecule has 0 amide bonds. The van der Waals surface area contributed by atoms with Crippen LogP contribution in [0, 0.1) is 0 Å². The van der Waals surface area contributed by atoms with Gasteiger partial charge in [-0.2, -0.15) is 15.3 Å². The van der Waals surface area contributed by atoms with Crippen LogP contribution in [0.15, 0.2) is 103 Å². The van der Waals surface area contributed by atoms with Gasteiger partial charge in [0.2, 0.25) is 29.7 Å². The molecule has 4 aromatic carbocycles. The number of phenols is 1. The quantitative estimate of drug-likeness (QED) is 0.0391. The molecule has 3 fully saturated rings. The number of aliphatic hydroxyl groups is 12. The highest BCUT2D eigenvalue weighted by atomic mass is 16.7. The predicted octanol–water partition coefficient (Wildman–Crippen LogP) is -5.20. The summed E-state index contributed by atoms with van der Waals surface area (Å²) in [6.07, 6.45) is -23.1. The van der Waals surface area contributed by atoms with Gasteiger partial charge in [0, 0.05) is 0 Å². The van der Waals surface area contributed by atoms with E-state index >= 15 is 0 Å². The minimum absolute atomic E-state index is 0.0615. The third-order valence-corrected chi connectivity index (χ3v) is 11.0. The van der Waals surface area contributed by atoms with Crippen molar-refractivity contribution < 1.29 is 94.8 Å². The number of aromatic hydroxyl groups is 1. The number of nitrogens with one attached hydrogen (secondary N) is 2. The van der Waals surface area contributed by atoms with Crippen molar-refractivity contribution in [1.82, 2.24) is 0 Å². The van der Waals surface area contributed by atoms with Gasteiger partial charge in [-0.25, -0.2) is 0 Å². The van der Waals surface area contributed by atoms with Crippen molar-refractivity contribution in [2.45, 2.75) is 92.1 Å². The molecule has 0 spiro atoms. The van der Waals surface area contributed by atoms with Gasteiger partial charge in [-0.3, -0.25) is 20.4 Å². The maximum Gasteiger partial charge on any atom is 0.241 e. The molecule has 69 heavy (non-hydrogen) atoms. The summed E-state index contributed by atoms with van der Waals surface area (Å²) in [7, 11) is 0. The Labute approximate surface area is 387 Å². The molecule has 0 aromatic heterocycles. The van der Waals surface area contributed by atoms with Crippen molar-refractivity contribution in [2.24, 2.45) is 20.4 Å². The van der Waals surface area contributed by atoms with Crippen LogP contribution in [-0.2, 0) is 14.2 Å². The monoisotopic (exact) mass is 972 g/mol. The molecule has 0 bridgehead atoms. The van der Waals surface area contributed by atoms with E-state index in [1.807, 2.05) is 0 Å². The lowest BCUT2D eigenvalue weighted by atomic mass is 9.99. The van der Waals surface area contributed by atoms with Gasteiger partial charge in [-0.1, -0.05) is 0 Å². The summed E-state index contributed by atoms with van der Waals surface area (Å²) >= 11 is 0. The fourth-order valence-electron chi connectivity index (χ4n) is 7.01. The topological polar surface area (TPSA) is 426 Å². The first-order chi connectivity index (χ1) is 33.0. The molecule has 27 heteroatoms. The number of anilines is 2. The van der Waals surface area contributed by atoms with Gasteiger partial charge >= 0.3 is 0 Å². The van der Waals surface area contributed by atoms with E-state index in [1.54, 1.807) is 0 Å². The molecule has 3 aliphatic heterocycles. The van der Waals surface area contributed by atoms with Crippen LogP contribution in [-0.4, -0.2) is 178 Å². The van der Waals surface area contributed by atoms with Gasteiger partial charge in [0.25, 0.3) is 0 Å².